The number of rotatable bonds is 5. The Kier molecular flexibility index (Phi) is 7.05. The first kappa shape index (κ1) is 21.9. The highest BCUT2D eigenvalue weighted by Gasteiger charge is 2.31. The van der Waals surface area contributed by atoms with Gasteiger partial charge in [0.2, 0.25) is 5.91 Å². The number of likely N-dealkylation sites (tertiary alicyclic amines) is 1. The molecule has 1 aromatic rings. The molecule has 2 heterocycles. The molecule has 0 spiro atoms. The first-order valence-electron chi connectivity index (χ1n) is 10.2. The number of piperidine rings is 1. The van der Waals surface area contributed by atoms with Crippen LogP contribution in [0.15, 0.2) is 24.3 Å². The topological polar surface area (TPSA) is 42.0 Å². The summed E-state index contributed by atoms with van der Waals surface area (Å²) in [5.41, 5.74) is 0.683. The Hall–Kier alpha value is -1.80. The van der Waals surface area contributed by atoms with Crippen LogP contribution in [0.1, 0.15) is 32.3 Å². The number of halogens is 3. The van der Waals surface area contributed by atoms with Crippen LogP contribution in [0, 0.1) is 5.92 Å². The molecule has 3 rings (SSSR count). The molecule has 8 heteroatoms. The number of carbonyl (C=O) groups is 1. The molecule has 0 N–H and O–H groups in total. The third-order valence-corrected chi connectivity index (χ3v) is 5.49. The van der Waals surface area contributed by atoms with Crippen molar-refractivity contribution in [2.24, 2.45) is 5.92 Å². The second-order valence-electron chi connectivity index (χ2n) is 8.17. The molecule has 0 aliphatic carbocycles. The Morgan fingerprint density at radius 2 is 1.69 bits per heavy atom. The molecule has 0 radical (unpaired) electrons. The fourth-order valence-electron chi connectivity index (χ4n) is 4.26. The monoisotopic (exact) mass is 414 g/mol. The van der Waals surface area contributed by atoms with Gasteiger partial charge in [-0.15, -0.1) is 13.2 Å². The van der Waals surface area contributed by atoms with Gasteiger partial charge >= 0.3 is 6.36 Å². The van der Waals surface area contributed by atoms with Gasteiger partial charge in [0.05, 0.1) is 18.6 Å². The summed E-state index contributed by atoms with van der Waals surface area (Å²) in [6.45, 7) is 8.62. The van der Waals surface area contributed by atoms with E-state index in [1.54, 1.807) is 0 Å². The average molecular weight is 414 g/mol. The summed E-state index contributed by atoms with van der Waals surface area (Å²) in [5, 5.41) is 0. The quantitative estimate of drug-likeness (QED) is 0.740. The van der Waals surface area contributed by atoms with Gasteiger partial charge in [-0.3, -0.25) is 9.69 Å². The number of carbonyl (C=O) groups excluding carboxylic acids is 1. The van der Waals surface area contributed by atoms with Crippen LogP contribution in [0.3, 0.4) is 0 Å². The van der Waals surface area contributed by atoms with E-state index in [0.29, 0.717) is 11.5 Å². The zero-order valence-electron chi connectivity index (χ0n) is 17.0. The van der Waals surface area contributed by atoms with E-state index < -0.39 is 6.36 Å². The van der Waals surface area contributed by atoms with Crippen molar-refractivity contribution < 1.29 is 27.4 Å². The van der Waals surface area contributed by atoms with E-state index in [-0.39, 0.29) is 30.3 Å². The van der Waals surface area contributed by atoms with Crippen LogP contribution in [0.25, 0.3) is 0 Å². The highest BCUT2D eigenvalue weighted by atomic mass is 19.4. The molecule has 29 heavy (non-hydrogen) atoms. The van der Waals surface area contributed by atoms with E-state index in [1.165, 1.54) is 24.3 Å². The smallest absolute Gasteiger partial charge is 0.406 e. The zero-order chi connectivity index (χ0) is 21.0. The molecular weight excluding hydrogens is 385 g/mol. The molecule has 162 valence electrons. The number of morpholine rings is 1. The molecule has 2 atom stereocenters. The van der Waals surface area contributed by atoms with Crippen LogP contribution >= 0.6 is 0 Å². The van der Waals surface area contributed by atoms with Crippen LogP contribution in [-0.2, 0) is 16.0 Å². The van der Waals surface area contributed by atoms with Gasteiger partial charge in [0.15, 0.2) is 0 Å². The summed E-state index contributed by atoms with van der Waals surface area (Å²) < 4.78 is 46.3. The summed E-state index contributed by atoms with van der Waals surface area (Å²) in [6.07, 6.45) is -2.05. The second-order valence-corrected chi connectivity index (χ2v) is 8.17. The van der Waals surface area contributed by atoms with Gasteiger partial charge in [-0.05, 0) is 50.3 Å². The zero-order valence-corrected chi connectivity index (χ0v) is 17.0. The van der Waals surface area contributed by atoms with Gasteiger partial charge in [0.25, 0.3) is 0 Å². The number of nitrogens with zero attached hydrogens (tertiary/aromatic N) is 2. The van der Waals surface area contributed by atoms with Crippen molar-refractivity contribution in [1.29, 1.82) is 0 Å². The minimum Gasteiger partial charge on any atom is -0.406 e. The normalized spacial score (nSPS) is 24.5. The number of ether oxygens (including phenoxy) is 2. The van der Waals surface area contributed by atoms with Gasteiger partial charge < -0.3 is 14.4 Å². The summed E-state index contributed by atoms with van der Waals surface area (Å²) in [4.78, 5) is 16.9. The second kappa shape index (κ2) is 9.34. The first-order chi connectivity index (χ1) is 13.7. The number of hydrogen-bond donors (Lipinski definition) is 0. The van der Waals surface area contributed by atoms with Gasteiger partial charge in [-0.25, -0.2) is 0 Å². The molecule has 1 amide bonds. The van der Waals surface area contributed by atoms with Crippen LogP contribution in [0.5, 0.6) is 5.75 Å². The number of benzene rings is 1. The molecule has 2 aliphatic rings. The molecule has 1 aromatic carbocycles. The Bertz CT molecular complexity index is 663. The highest BCUT2D eigenvalue weighted by molar-refractivity contribution is 5.78. The SMILES string of the molecule is CC1CN(CC2CCN(C(=O)Cc3ccc(OC(F)(F)F)cc3)CC2)CC(C)O1. The molecule has 2 unspecified atom stereocenters. The van der Waals surface area contributed by atoms with E-state index >= 15 is 0 Å². The number of hydrogen-bond acceptors (Lipinski definition) is 4. The van der Waals surface area contributed by atoms with E-state index in [4.69, 9.17) is 4.74 Å². The van der Waals surface area contributed by atoms with Crippen molar-refractivity contribution in [3.63, 3.8) is 0 Å². The van der Waals surface area contributed by atoms with Crippen molar-refractivity contribution in [3.8, 4) is 5.75 Å². The largest absolute Gasteiger partial charge is 0.573 e. The number of alkyl halides is 3. The predicted molar refractivity (Wildman–Crippen MR) is 103 cm³/mol. The lowest BCUT2D eigenvalue weighted by atomic mass is 9.95. The maximum absolute atomic E-state index is 12.6. The van der Waals surface area contributed by atoms with Crippen molar-refractivity contribution in [3.05, 3.63) is 29.8 Å². The molecular formula is C21H29F3N2O3. The molecule has 0 bridgehead atoms. The van der Waals surface area contributed by atoms with E-state index in [2.05, 4.69) is 23.5 Å². The minimum absolute atomic E-state index is 0.0153. The molecule has 0 aromatic heterocycles. The highest BCUT2D eigenvalue weighted by Crippen LogP contribution is 2.24. The number of amides is 1. The Morgan fingerprint density at radius 1 is 1.10 bits per heavy atom. The Balaban J connectivity index is 1.43. The lowest BCUT2D eigenvalue weighted by Crippen LogP contribution is -2.48. The van der Waals surface area contributed by atoms with Crippen LogP contribution < -0.4 is 4.74 Å². The van der Waals surface area contributed by atoms with Crippen molar-refractivity contribution in [1.82, 2.24) is 9.80 Å². The molecule has 5 nitrogen and oxygen atoms in total. The third-order valence-electron chi connectivity index (χ3n) is 5.49. The van der Waals surface area contributed by atoms with Crippen molar-refractivity contribution in [2.45, 2.75) is 51.7 Å². The predicted octanol–water partition coefficient (Wildman–Crippen LogP) is 3.48. The Morgan fingerprint density at radius 3 is 2.24 bits per heavy atom. The van der Waals surface area contributed by atoms with Crippen LogP contribution in [0.4, 0.5) is 13.2 Å². The van der Waals surface area contributed by atoms with Gasteiger partial charge in [-0.2, -0.15) is 0 Å². The van der Waals surface area contributed by atoms with Crippen LogP contribution in [0.2, 0.25) is 0 Å². The van der Waals surface area contributed by atoms with Crippen molar-refractivity contribution in [2.75, 3.05) is 32.7 Å². The summed E-state index contributed by atoms with van der Waals surface area (Å²) in [5.74, 6) is 0.318. The van der Waals surface area contributed by atoms with Crippen LogP contribution in [-0.4, -0.2) is 67.0 Å². The maximum Gasteiger partial charge on any atom is 0.573 e. The minimum atomic E-state index is -4.71. The van der Waals surface area contributed by atoms with Gasteiger partial charge in [0.1, 0.15) is 5.75 Å². The lowest BCUT2D eigenvalue weighted by Gasteiger charge is -2.39. The summed E-state index contributed by atoms with van der Waals surface area (Å²) in [7, 11) is 0. The Labute approximate surface area is 169 Å². The summed E-state index contributed by atoms with van der Waals surface area (Å²) in [6, 6.07) is 5.50. The fraction of sp³-hybridized carbons (Fsp3) is 0.667. The maximum atomic E-state index is 12.6. The van der Waals surface area contributed by atoms with Crippen molar-refractivity contribution >= 4 is 5.91 Å². The molecule has 2 fully saturated rings. The third kappa shape index (κ3) is 6.89. The summed E-state index contributed by atoms with van der Waals surface area (Å²) >= 11 is 0. The first-order valence-corrected chi connectivity index (χ1v) is 10.2. The van der Waals surface area contributed by atoms with Gasteiger partial charge in [0, 0.05) is 32.7 Å². The standard InChI is InChI=1S/C21H29F3N2O3/c1-15-12-25(13-16(2)28-15)14-18-7-9-26(10-8-18)20(27)11-17-3-5-19(6-4-17)29-21(22,23)24/h3-6,15-16,18H,7-14H2,1-2H3. The van der Waals surface area contributed by atoms with Gasteiger partial charge in [-0.1, -0.05) is 12.1 Å². The fourth-order valence-corrected chi connectivity index (χ4v) is 4.26. The molecule has 2 saturated heterocycles. The van der Waals surface area contributed by atoms with E-state index in [9.17, 15) is 18.0 Å². The van der Waals surface area contributed by atoms with E-state index in [1.807, 2.05) is 4.90 Å². The average Bonchev–Trinajstić information content (AvgIpc) is 2.62. The van der Waals surface area contributed by atoms with E-state index in [0.717, 1.165) is 45.6 Å². The lowest BCUT2D eigenvalue weighted by molar-refractivity contribution is -0.274. The molecule has 2 aliphatic heterocycles. The molecule has 0 saturated carbocycles.